The lowest BCUT2D eigenvalue weighted by Crippen LogP contribution is -2.52. The fourth-order valence-corrected chi connectivity index (χ4v) is 6.54. The van der Waals surface area contributed by atoms with E-state index in [2.05, 4.69) is 4.90 Å². The molecule has 2 fully saturated rings. The molecule has 0 aliphatic carbocycles. The summed E-state index contributed by atoms with van der Waals surface area (Å²) in [6.07, 6.45) is 0.987. The van der Waals surface area contributed by atoms with Crippen LogP contribution >= 0.6 is 11.6 Å². The zero-order chi connectivity index (χ0) is 24.3. The first kappa shape index (κ1) is 24.6. The van der Waals surface area contributed by atoms with Gasteiger partial charge in [-0.2, -0.15) is 4.31 Å². The zero-order valence-electron chi connectivity index (χ0n) is 19.4. The lowest BCUT2D eigenvalue weighted by Gasteiger charge is -2.39. The minimum absolute atomic E-state index is 0.0553. The second-order valence-corrected chi connectivity index (χ2v) is 10.8. The summed E-state index contributed by atoms with van der Waals surface area (Å²) in [5, 5.41) is 0.330. The highest BCUT2D eigenvalue weighted by Gasteiger charge is 2.36. The number of para-hydroxylation sites is 2. The van der Waals surface area contributed by atoms with Crippen molar-refractivity contribution in [2.75, 3.05) is 58.4 Å². The lowest BCUT2D eigenvalue weighted by molar-refractivity contribution is -0.137. The quantitative estimate of drug-likeness (QED) is 0.598. The van der Waals surface area contributed by atoms with Gasteiger partial charge in [0.05, 0.1) is 19.9 Å². The molecule has 2 aromatic carbocycles. The van der Waals surface area contributed by atoms with Gasteiger partial charge >= 0.3 is 0 Å². The Morgan fingerprint density at radius 1 is 0.912 bits per heavy atom. The summed E-state index contributed by atoms with van der Waals surface area (Å²) < 4.78 is 38.5. The van der Waals surface area contributed by atoms with Crippen LogP contribution < -0.4 is 14.4 Å². The zero-order valence-corrected chi connectivity index (χ0v) is 21.0. The third-order valence-corrected chi connectivity index (χ3v) is 8.72. The maximum atomic E-state index is 13.2. The predicted octanol–water partition coefficient (Wildman–Crippen LogP) is 3.11. The van der Waals surface area contributed by atoms with Gasteiger partial charge < -0.3 is 19.3 Å². The maximum Gasteiger partial charge on any atom is 0.246 e. The fourth-order valence-electron chi connectivity index (χ4n) is 4.65. The van der Waals surface area contributed by atoms with Crippen molar-refractivity contribution in [2.45, 2.75) is 17.7 Å². The van der Waals surface area contributed by atoms with Crippen LogP contribution in [0.1, 0.15) is 12.8 Å². The molecule has 2 aromatic rings. The fraction of sp³-hybridized carbons (Fsp3) is 0.458. The van der Waals surface area contributed by atoms with Crippen molar-refractivity contribution in [1.29, 1.82) is 0 Å². The van der Waals surface area contributed by atoms with E-state index in [0.29, 0.717) is 31.0 Å². The van der Waals surface area contributed by atoms with Gasteiger partial charge in [-0.1, -0.05) is 23.7 Å². The Kier molecular flexibility index (Phi) is 7.54. The molecule has 2 heterocycles. The van der Waals surface area contributed by atoms with E-state index in [-0.39, 0.29) is 35.6 Å². The molecule has 0 radical (unpaired) electrons. The maximum absolute atomic E-state index is 13.2. The van der Waals surface area contributed by atoms with Crippen LogP contribution in [0.25, 0.3) is 0 Å². The van der Waals surface area contributed by atoms with Gasteiger partial charge in [-0.25, -0.2) is 8.42 Å². The first-order valence-electron chi connectivity index (χ1n) is 11.4. The number of carbonyl (C=O) groups is 1. The number of nitrogens with zero attached hydrogens (tertiary/aromatic N) is 3. The summed E-state index contributed by atoms with van der Waals surface area (Å²) in [6.45, 7) is 3.30. The van der Waals surface area contributed by atoms with Crippen molar-refractivity contribution in [3.8, 4) is 11.5 Å². The summed E-state index contributed by atoms with van der Waals surface area (Å²) >= 11 is 6.04. The Hall–Kier alpha value is -2.49. The molecule has 0 saturated carbocycles. The van der Waals surface area contributed by atoms with Crippen LogP contribution in [0.4, 0.5) is 5.69 Å². The van der Waals surface area contributed by atoms with Crippen LogP contribution in [0.2, 0.25) is 5.02 Å². The van der Waals surface area contributed by atoms with Crippen LogP contribution in [0.3, 0.4) is 0 Å². The Morgan fingerprint density at radius 3 is 2.21 bits per heavy atom. The molecular weight excluding hydrogens is 478 g/mol. The molecule has 4 rings (SSSR count). The molecule has 10 heteroatoms. The number of piperidine rings is 1. The van der Waals surface area contributed by atoms with Gasteiger partial charge in [-0.3, -0.25) is 4.79 Å². The van der Waals surface area contributed by atoms with Gasteiger partial charge in [0.15, 0.2) is 0 Å². The smallest absolute Gasteiger partial charge is 0.246 e. The minimum atomic E-state index is -3.77. The molecule has 184 valence electrons. The standard InChI is InChI=1S/C24H30ClN3O5S/c1-32-21-6-4-3-5-20(21)26-13-15-27(16-14-26)24(29)18-9-11-28(12-10-18)34(30,31)23-17-19(25)7-8-22(23)33-2/h3-8,17-18H,9-16H2,1-2H3. The lowest BCUT2D eigenvalue weighted by atomic mass is 9.96. The van der Waals surface area contributed by atoms with Crippen LogP contribution in [0.5, 0.6) is 11.5 Å². The number of piperazine rings is 1. The first-order chi connectivity index (χ1) is 16.3. The number of rotatable bonds is 6. The number of halogens is 1. The summed E-state index contributed by atoms with van der Waals surface area (Å²) in [5.41, 5.74) is 1.03. The van der Waals surface area contributed by atoms with Gasteiger partial charge in [0.2, 0.25) is 15.9 Å². The van der Waals surface area contributed by atoms with E-state index in [1.54, 1.807) is 19.2 Å². The average Bonchev–Trinajstić information content (AvgIpc) is 2.88. The molecule has 0 unspecified atom stereocenters. The summed E-state index contributed by atoms with van der Waals surface area (Å²) in [5.74, 6) is 1.02. The Balaban J connectivity index is 1.35. The van der Waals surface area contributed by atoms with Crippen LogP contribution in [-0.4, -0.2) is 77.0 Å². The molecule has 2 aliphatic heterocycles. The molecule has 0 atom stereocenters. The summed E-state index contributed by atoms with van der Waals surface area (Å²) in [7, 11) is -0.674. The largest absolute Gasteiger partial charge is 0.495 e. The Morgan fingerprint density at radius 2 is 1.56 bits per heavy atom. The van der Waals surface area contributed by atoms with Crippen LogP contribution in [0, 0.1) is 5.92 Å². The molecule has 2 saturated heterocycles. The number of amides is 1. The van der Waals surface area contributed by atoms with Gasteiger partial charge in [0, 0.05) is 50.2 Å². The van der Waals surface area contributed by atoms with Crippen molar-refractivity contribution in [2.24, 2.45) is 5.92 Å². The van der Waals surface area contributed by atoms with E-state index in [0.717, 1.165) is 24.5 Å². The highest BCUT2D eigenvalue weighted by Crippen LogP contribution is 2.33. The second kappa shape index (κ2) is 10.4. The highest BCUT2D eigenvalue weighted by molar-refractivity contribution is 7.89. The van der Waals surface area contributed by atoms with Gasteiger partial charge in [-0.15, -0.1) is 0 Å². The number of ether oxygens (including phenoxy) is 2. The molecule has 34 heavy (non-hydrogen) atoms. The average molecular weight is 508 g/mol. The molecular formula is C24H30ClN3O5S. The van der Waals surface area contributed by atoms with E-state index in [9.17, 15) is 13.2 Å². The van der Waals surface area contributed by atoms with Crippen molar-refractivity contribution in [1.82, 2.24) is 9.21 Å². The monoisotopic (exact) mass is 507 g/mol. The molecule has 8 nitrogen and oxygen atoms in total. The van der Waals surface area contributed by atoms with Crippen LogP contribution in [0.15, 0.2) is 47.4 Å². The van der Waals surface area contributed by atoms with E-state index in [1.807, 2.05) is 29.2 Å². The molecule has 0 bridgehead atoms. The second-order valence-electron chi connectivity index (χ2n) is 8.46. The topological polar surface area (TPSA) is 79.4 Å². The molecule has 1 amide bonds. The molecule has 0 N–H and O–H groups in total. The van der Waals surface area contributed by atoms with Gasteiger partial charge in [-0.05, 0) is 43.2 Å². The number of hydrogen-bond donors (Lipinski definition) is 0. The normalized spacial score (nSPS) is 18.1. The van der Waals surface area contributed by atoms with Crippen molar-refractivity contribution >= 4 is 33.2 Å². The minimum Gasteiger partial charge on any atom is -0.495 e. The first-order valence-corrected chi connectivity index (χ1v) is 13.2. The number of methoxy groups -OCH3 is 2. The van der Waals surface area contributed by atoms with E-state index in [4.69, 9.17) is 21.1 Å². The van der Waals surface area contributed by atoms with Crippen LogP contribution in [-0.2, 0) is 14.8 Å². The third kappa shape index (κ3) is 4.96. The number of sulfonamides is 1. The molecule has 0 aromatic heterocycles. The number of carbonyl (C=O) groups excluding carboxylic acids is 1. The number of benzene rings is 2. The molecule has 2 aliphatic rings. The van der Waals surface area contributed by atoms with Gasteiger partial charge in [0.25, 0.3) is 0 Å². The van der Waals surface area contributed by atoms with Crippen molar-refractivity contribution in [3.05, 3.63) is 47.5 Å². The summed E-state index contributed by atoms with van der Waals surface area (Å²) in [4.78, 5) is 17.4. The highest BCUT2D eigenvalue weighted by atomic mass is 35.5. The Bertz CT molecular complexity index is 1130. The third-order valence-electron chi connectivity index (χ3n) is 6.56. The van der Waals surface area contributed by atoms with Crippen molar-refractivity contribution < 1.29 is 22.7 Å². The summed E-state index contributed by atoms with van der Waals surface area (Å²) in [6, 6.07) is 12.4. The van der Waals surface area contributed by atoms with Crippen molar-refractivity contribution in [3.63, 3.8) is 0 Å². The van der Waals surface area contributed by atoms with E-state index < -0.39 is 10.0 Å². The molecule has 0 spiro atoms. The van der Waals surface area contributed by atoms with Gasteiger partial charge in [0.1, 0.15) is 16.4 Å². The van der Waals surface area contributed by atoms with E-state index >= 15 is 0 Å². The SMILES string of the molecule is COc1ccccc1N1CCN(C(=O)C2CCN(S(=O)(=O)c3cc(Cl)ccc3OC)CC2)CC1. The Labute approximate surface area is 206 Å². The predicted molar refractivity (Wildman–Crippen MR) is 131 cm³/mol. The number of hydrogen-bond acceptors (Lipinski definition) is 6. The van der Waals surface area contributed by atoms with E-state index in [1.165, 1.54) is 17.5 Å². The number of anilines is 1.